The van der Waals surface area contributed by atoms with Gasteiger partial charge in [-0.25, -0.2) is 9.59 Å². The average molecular weight is 622 g/mol. The Balaban J connectivity index is 2.03. The Bertz CT molecular complexity index is 1240. The molecule has 3 atom stereocenters. The average Bonchev–Trinajstić information content (AvgIpc) is 3.01. The van der Waals surface area contributed by atoms with Crippen molar-refractivity contribution in [2.75, 3.05) is 19.8 Å². The summed E-state index contributed by atoms with van der Waals surface area (Å²) in [5.41, 5.74) is 1.19. The maximum Gasteiger partial charge on any atom is 0.408 e. The van der Waals surface area contributed by atoms with E-state index >= 15 is 0 Å². The zero-order chi connectivity index (χ0) is 33.2. The second kappa shape index (κ2) is 19.1. The molecular weight excluding hydrogens is 574 g/mol. The van der Waals surface area contributed by atoms with Gasteiger partial charge in [0.25, 0.3) is 0 Å². The van der Waals surface area contributed by atoms with Crippen LogP contribution in [0.2, 0.25) is 0 Å². The van der Waals surface area contributed by atoms with Gasteiger partial charge < -0.3 is 30.1 Å². The lowest BCUT2D eigenvalue weighted by Gasteiger charge is -2.33. The molecule has 3 unspecified atom stereocenters. The van der Waals surface area contributed by atoms with Crippen LogP contribution in [-0.4, -0.2) is 65.7 Å². The molecule has 0 aliphatic rings. The molecule has 0 saturated heterocycles. The molecule has 0 fully saturated rings. The Morgan fingerprint density at radius 2 is 1.49 bits per heavy atom. The number of allylic oxidation sites excluding steroid dienone is 1. The monoisotopic (exact) mass is 621 g/mol. The topological polar surface area (TPSA) is 134 Å². The fraction of sp³-hybridized carbons (Fsp3) is 0.429. The van der Waals surface area contributed by atoms with E-state index < -0.39 is 35.5 Å². The van der Waals surface area contributed by atoms with Gasteiger partial charge in [0.15, 0.2) is 0 Å². The minimum absolute atomic E-state index is 0.0407. The van der Waals surface area contributed by atoms with Gasteiger partial charge in [-0.3, -0.25) is 9.59 Å². The number of amides is 3. The summed E-state index contributed by atoms with van der Waals surface area (Å²) in [4.78, 5) is 53.6. The van der Waals surface area contributed by atoms with Gasteiger partial charge in [-0.05, 0) is 29.4 Å². The van der Waals surface area contributed by atoms with Crippen molar-refractivity contribution in [1.29, 1.82) is 0 Å². The van der Waals surface area contributed by atoms with Gasteiger partial charge in [0.05, 0.1) is 18.6 Å². The fourth-order valence-corrected chi connectivity index (χ4v) is 4.39. The molecule has 0 aromatic heterocycles. The Kier molecular flexibility index (Phi) is 15.6. The summed E-state index contributed by atoms with van der Waals surface area (Å²) in [7, 11) is 0. The lowest BCUT2D eigenvalue weighted by molar-refractivity contribution is -0.148. The number of nitrogens with zero attached hydrogens (tertiary/aromatic N) is 1. The van der Waals surface area contributed by atoms with Crippen LogP contribution in [0.1, 0.15) is 51.2 Å². The van der Waals surface area contributed by atoms with Crippen molar-refractivity contribution in [1.82, 2.24) is 15.5 Å². The predicted octanol–water partition coefficient (Wildman–Crippen LogP) is 4.54. The van der Waals surface area contributed by atoms with E-state index in [0.29, 0.717) is 6.54 Å². The van der Waals surface area contributed by atoms with Gasteiger partial charge in [-0.15, -0.1) is 13.2 Å². The van der Waals surface area contributed by atoms with E-state index in [1.54, 1.807) is 6.08 Å². The molecule has 0 aliphatic carbocycles. The standard InChI is InChI=1S/C35H47N3O7/c1-6-14-28(22-31(40)38(20-21-39)23-26-16-10-8-11-17-26)32(41)37-30(35(3,4)5)25-44-33(42)29(15-7-2)36-34(43)45-24-27-18-12-9-13-19-27/h6-13,16-19,28-30,39H,1-2,14-15,20-25H2,3-5H3,(H,36,43)(H,37,41). The third-order valence-corrected chi connectivity index (χ3v) is 7.13. The minimum atomic E-state index is -1.03. The summed E-state index contributed by atoms with van der Waals surface area (Å²) in [6.45, 7) is 13.2. The summed E-state index contributed by atoms with van der Waals surface area (Å²) in [6, 6.07) is 16.9. The Hall–Kier alpha value is -4.44. The zero-order valence-electron chi connectivity index (χ0n) is 26.6. The Morgan fingerprint density at radius 1 is 0.889 bits per heavy atom. The van der Waals surface area contributed by atoms with Gasteiger partial charge in [-0.2, -0.15) is 0 Å². The van der Waals surface area contributed by atoms with E-state index in [1.165, 1.54) is 11.0 Å². The zero-order valence-corrected chi connectivity index (χ0v) is 26.6. The molecule has 3 N–H and O–H groups in total. The van der Waals surface area contributed by atoms with Gasteiger partial charge in [-0.1, -0.05) is 93.6 Å². The number of nitrogens with one attached hydrogen (secondary N) is 2. The second-order valence-corrected chi connectivity index (χ2v) is 11.8. The van der Waals surface area contributed by atoms with Crippen molar-refractivity contribution < 1.29 is 33.8 Å². The summed E-state index contributed by atoms with van der Waals surface area (Å²) in [6.07, 6.45) is 2.58. The van der Waals surface area contributed by atoms with Crippen LogP contribution >= 0.6 is 0 Å². The molecule has 10 heteroatoms. The normalized spacial score (nSPS) is 13.0. The third kappa shape index (κ3) is 13.4. The summed E-state index contributed by atoms with van der Waals surface area (Å²) >= 11 is 0. The Morgan fingerprint density at radius 3 is 2.04 bits per heavy atom. The van der Waals surface area contributed by atoms with Crippen LogP contribution in [0.25, 0.3) is 0 Å². The molecule has 2 aromatic rings. The molecule has 2 aromatic carbocycles. The molecule has 45 heavy (non-hydrogen) atoms. The van der Waals surface area contributed by atoms with Crippen LogP contribution in [0, 0.1) is 11.3 Å². The minimum Gasteiger partial charge on any atom is -0.462 e. The number of rotatable bonds is 18. The molecule has 3 amide bonds. The highest BCUT2D eigenvalue weighted by Crippen LogP contribution is 2.22. The molecule has 0 bridgehead atoms. The number of alkyl carbamates (subject to hydrolysis) is 1. The first-order valence-electron chi connectivity index (χ1n) is 15.1. The van der Waals surface area contributed by atoms with E-state index in [0.717, 1.165) is 11.1 Å². The molecular formula is C35H47N3O7. The molecule has 244 valence electrons. The highest BCUT2D eigenvalue weighted by molar-refractivity contribution is 5.86. The molecule has 0 saturated carbocycles. The Labute approximate surface area is 266 Å². The van der Waals surface area contributed by atoms with Crippen molar-refractivity contribution in [3.63, 3.8) is 0 Å². The number of carbonyl (C=O) groups excluding carboxylic acids is 4. The van der Waals surface area contributed by atoms with Gasteiger partial charge in [0, 0.05) is 19.5 Å². The van der Waals surface area contributed by atoms with Crippen LogP contribution in [0.3, 0.4) is 0 Å². The van der Waals surface area contributed by atoms with Crippen molar-refractivity contribution >= 4 is 23.9 Å². The van der Waals surface area contributed by atoms with Crippen LogP contribution in [0.4, 0.5) is 4.79 Å². The largest absolute Gasteiger partial charge is 0.462 e. The highest BCUT2D eigenvalue weighted by atomic mass is 16.6. The molecule has 0 aliphatic heterocycles. The van der Waals surface area contributed by atoms with Crippen LogP contribution in [0.15, 0.2) is 86.0 Å². The quantitative estimate of drug-likeness (QED) is 0.164. The van der Waals surface area contributed by atoms with Crippen molar-refractivity contribution in [2.24, 2.45) is 11.3 Å². The number of esters is 1. The van der Waals surface area contributed by atoms with E-state index in [4.69, 9.17) is 9.47 Å². The summed E-state index contributed by atoms with van der Waals surface area (Å²) in [5, 5.41) is 15.0. The van der Waals surface area contributed by atoms with Gasteiger partial charge in [0.1, 0.15) is 19.3 Å². The number of aliphatic hydroxyl groups is 1. The number of hydrogen-bond donors (Lipinski definition) is 3. The molecule has 2 rings (SSSR count). The molecule has 0 heterocycles. The fourth-order valence-electron chi connectivity index (χ4n) is 4.39. The van der Waals surface area contributed by atoms with Crippen LogP contribution in [-0.2, 0) is 37.0 Å². The number of hydrogen-bond acceptors (Lipinski definition) is 7. The molecule has 0 radical (unpaired) electrons. The molecule has 0 spiro atoms. The van der Waals surface area contributed by atoms with E-state index in [9.17, 15) is 24.3 Å². The summed E-state index contributed by atoms with van der Waals surface area (Å²) < 4.78 is 10.8. The first-order valence-corrected chi connectivity index (χ1v) is 15.1. The highest BCUT2D eigenvalue weighted by Gasteiger charge is 2.32. The third-order valence-electron chi connectivity index (χ3n) is 7.13. The predicted molar refractivity (Wildman–Crippen MR) is 173 cm³/mol. The lowest BCUT2D eigenvalue weighted by atomic mass is 9.86. The van der Waals surface area contributed by atoms with E-state index in [-0.39, 0.29) is 57.4 Å². The van der Waals surface area contributed by atoms with Crippen molar-refractivity contribution in [2.45, 2.75) is 65.3 Å². The number of ether oxygens (including phenoxy) is 2. The molecule has 10 nitrogen and oxygen atoms in total. The first kappa shape index (κ1) is 36.8. The van der Waals surface area contributed by atoms with Crippen LogP contribution in [0.5, 0.6) is 0 Å². The first-order chi connectivity index (χ1) is 21.5. The number of benzene rings is 2. The maximum atomic E-state index is 13.5. The van der Waals surface area contributed by atoms with Gasteiger partial charge >= 0.3 is 12.1 Å². The SMILES string of the molecule is C=CCC(CC(=O)N(CCO)Cc1ccccc1)C(=O)NC(COC(=O)C(CC=C)NC(=O)OCc1ccccc1)C(C)(C)C. The van der Waals surface area contributed by atoms with E-state index in [1.807, 2.05) is 81.4 Å². The van der Waals surface area contributed by atoms with Crippen molar-refractivity contribution in [3.05, 3.63) is 97.1 Å². The second-order valence-electron chi connectivity index (χ2n) is 11.8. The number of carbonyl (C=O) groups is 4. The number of aliphatic hydroxyl groups excluding tert-OH is 1. The van der Waals surface area contributed by atoms with E-state index in [2.05, 4.69) is 23.8 Å². The maximum absolute atomic E-state index is 13.5. The smallest absolute Gasteiger partial charge is 0.408 e. The van der Waals surface area contributed by atoms with Crippen molar-refractivity contribution in [3.8, 4) is 0 Å². The summed E-state index contributed by atoms with van der Waals surface area (Å²) in [5.74, 6) is -2.07. The van der Waals surface area contributed by atoms with Gasteiger partial charge in [0.2, 0.25) is 11.8 Å². The van der Waals surface area contributed by atoms with Crippen LogP contribution < -0.4 is 10.6 Å². The lowest BCUT2D eigenvalue weighted by Crippen LogP contribution is -2.50.